The molecule has 0 atom stereocenters. The number of carbonyl (C=O) groups is 1. The minimum Gasteiger partial charge on any atom is -0.322 e. The zero-order valence-electron chi connectivity index (χ0n) is 14.4. The molecule has 27 heavy (non-hydrogen) atoms. The van der Waals surface area contributed by atoms with Gasteiger partial charge in [-0.15, -0.1) is 0 Å². The lowest BCUT2D eigenvalue weighted by molar-refractivity contribution is 0.101. The number of pyridine rings is 1. The maximum absolute atomic E-state index is 13.9. The Kier molecular flexibility index (Phi) is 4.16. The fourth-order valence-corrected chi connectivity index (χ4v) is 2.89. The van der Waals surface area contributed by atoms with Gasteiger partial charge in [0.05, 0.1) is 5.69 Å². The number of rotatable bonds is 3. The number of anilines is 1. The van der Waals surface area contributed by atoms with Gasteiger partial charge >= 0.3 is 0 Å². The highest BCUT2D eigenvalue weighted by Crippen LogP contribution is 2.26. The number of halogens is 2. The third kappa shape index (κ3) is 3.17. The van der Waals surface area contributed by atoms with E-state index in [1.54, 1.807) is 13.0 Å². The molecule has 4 rings (SSSR count). The number of amides is 1. The first-order valence-electron chi connectivity index (χ1n) is 8.33. The Morgan fingerprint density at radius 3 is 2.56 bits per heavy atom. The largest absolute Gasteiger partial charge is 0.322 e. The van der Waals surface area contributed by atoms with Crippen molar-refractivity contribution in [2.24, 2.45) is 0 Å². The molecule has 0 aliphatic heterocycles. The van der Waals surface area contributed by atoms with Crippen LogP contribution in [-0.4, -0.2) is 15.3 Å². The molecule has 6 heteroatoms. The van der Waals surface area contributed by atoms with Gasteiger partial charge in [-0.25, -0.2) is 13.8 Å². The van der Waals surface area contributed by atoms with Crippen molar-refractivity contribution in [3.05, 3.63) is 89.8 Å². The van der Waals surface area contributed by atoms with Crippen LogP contribution in [0.15, 0.2) is 67.0 Å². The summed E-state index contributed by atoms with van der Waals surface area (Å²) in [6.45, 7) is 1.81. The smallest absolute Gasteiger partial charge is 0.261 e. The molecule has 1 N–H and O–H groups in total. The van der Waals surface area contributed by atoms with Gasteiger partial charge in [-0.3, -0.25) is 4.79 Å². The first-order chi connectivity index (χ1) is 13.0. The minimum absolute atomic E-state index is 0.470. The Morgan fingerprint density at radius 2 is 1.81 bits per heavy atom. The second-order valence-electron chi connectivity index (χ2n) is 6.17. The van der Waals surface area contributed by atoms with E-state index >= 15 is 0 Å². The lowest BCUT2D eigenvalue weighted by Gasteiger charge is -2.11. The Hall–Kier alpha value is -3.54. The SMILES string of the molecule is Cc1ccc(-c2cn3ccccc3n2)cc1NC(=O)c1c(F)cccc1F. The van der Waals surface area contributed by atoms with Crippen molar-refractivity contribution in [3.63, 3.8) is 0 Å². The van der Waals surface area contributed by atoms with E-state index in [0.717, 1.165) is 34.6 Å². The van der Waals surface area contributed by atoms with Crippen LogP contribution in [0.4, 0.5) is 14.5 Å². The third-order valence-corrected chi connectivity index (χ3v) is 4.34. The van der Waals surface area contributed by atoms with Gasteiger partial charge in [-0.05, 0) is 42.8 Å². The molecule has 0 saturated heterocycles. The third-order valence-electron chi connectivity index (χ3n) is 4.34. The Balaban J connectivity index is 1.69. The molecule has 0 bridgehead atoms. The maximum Gasteiger partial charge on any atom is 0.261 e. The quantitative estimate of drug-likeness (QED) is 0.566. The van der Waals surface area contributed by atoms with Crippen LogP contribution in [0.1, 0.15) is 15.9 Å². The molecule has 0 unspecified atom stereocenters. The number of fused-ring (bicyclic) bond motifs is 1. The van der Waals surface area contributed by atoms with E-state index in [4.69, 9.17) is 0 Å². The van der Waals surface area contributed by atoms with E-state index in [0.29, 0.717) is 5.69 Å². The van der Waals surface area contributed by atoms with E-state index < -0.39 is 23.1 Å². The molecule has 134 valence electrons. The van der Waals surface area contributed by atoms with E-state index in [1.807, 2.05) is 47.1 Å². The summed E-state index contributed by atoms with van der Waals surface area (Å²) in [7, 11) is 0. The van der Waals surface area contributed by atoms with Crippen LogP contribution in [-0.2, 0) is 0 Å². The number of hydrogen-bond acceptors (Lipinski definition) is 2. The van der Waals surface area contributed by atoms with Crippen molar-refractivity contribution in [1.29, 1.82) is 0 Å². The number of imidazole rings is 1. The van der Waals surface area contributed by atoms with Crippen molar-refractivity contribution in [3.8, 4) is 11.3 Å². The van der Waals surface area contributed by atoms with Gasteiger partial charge in [-0.1, -0.05) is 24.3 Å². The standard InChI is InChI=1S/C21H15F2N3O/c1-13-8-9-14(18-12-26-10-3-2-7-19(26)24-18)11-17(13)25-21(27)20-15(22)5-4-6-16(20)23/h2-12H,1H3,(H,25,27). The van der Waals surface area contributed by atoms with Crippen molar-refractivity contribution in [1.82, 2.24) is 9.38 Å². The first kappa shape index (κ1) is 16.9. The number of carbonyl (C=O) groups excluding carboxylic acids is 1. The molecule has 2 heterocycles. The molecule has 0 saturated carbocycles. The molecule has 0 aliphatic rings. The summed E-state index contributed by atoms with van der Waals surface area (Å²) in [6, 6.07) is 14.5. The fourth-order valence-electron chi connectivity index (χ4n) is 2.89. The molecule has 2 aromatic heterocycles. The lowest BCUT2D eigenvalue weighted by Crippen LogP contribution is -2.16. The predicted octanol–water partition coefficient (Wildman–Crippen LogP) is 4.84. The molecule has 0 aliphatic carbocycles. The van der Waals surface area contributed by atoms with Gasteiger partial charge in [0.2, 0.25) is 0 Å². The number of aromatic nitrogens is 2. The highest BCUT2D eigenvalue weighted by molar-refractivity contribution is 6.05. The summed E-state index contributed by atoms with van der Waals surface area (Å²) in [6.07, 6.45) is 3.77. The molecule has 4 aromatic rings. The predicted molar refractivity (Wildman–Crippen MR) is 99.7 cm³/mol. The molecule has 1 amide bonds. The van der Waals surface area contributed by atoms with Gasteiger partial charge in [0.1, 0.15) is 22.8 Å². The minimum atomic E-state index is -0.901. The van der Waals surface area contributed by atoms with Crippen LogP contribution >= 0.6 is 0 Å². The summed E-state index contributed by atoms with van der Waals surface area (Å²) < 4.78 is 29.6. The average molecular weight is 363 g/mol. The second kappa shape index (κ2) is 6.64. The summed E-state index contributed by atoms with van der Waals surface area (Å²) >= 11 is 0. The molecular weight excluding hydrogens is 348 g/mol. The van der Waals surface area contributed by atoms with Crippen LogP contribution in [0.2, 0.25) is 0 Å². The zero-order valence-corrected chi connectivity index (χ0v) is 14.4. The van der Waals surface area contributed by atoms with Crippen molar-refractivity contribution >= 4 is 17.2 Å². The van der Waals surface area contributed by atoms with Gasteiger partial charge in [0.25, 0.3) is 5.91 Å². The highest BCUT2D eigenvalue weighted by Gasteiger charge is 2.18. The van der Waals surface area contributed by atoms with Crippen LogP contribution in [0.3, 0.4) is 0 Å². The summed E-state index contributed by atoms with van der Waals surface area (Å²) in [5, 5.41) is 2.60. The number of nitrogens with zero attached hydrogens (tertiary/aromatic N) is 2. The molecule has 0 spiro atoms. The normalized spacial score (nSPS) is 10.9. The van der Waals surface area contributed by atoms with Crippen molar-refractivity contribution in [2.75, 3.05) is 5.32 Å². The average Bonchev–Trinajstić information content (AvgIpc) is 3.07. The molecule has 2 aromatic carbocycles. The Labute approximate surface area is 154 Å². The van der Waals surface area contributed by atoms with Crippen LogP contribution < -0.4 is 5.32 Å². The number of benzene rings is 2. The number of hydrogen-bond donors (Lipinski definition) is 1. The van der Waals surface area contributed by atoms with Crippen molar-refractivity contribution in [2.45, 2.75) is 6.92 Å². The number of aryl methyl sites for hydroxylation is 1. The van der Waals surface area contributed by atoms with Crippen molar-refractivity contribution < 1.29 is 13.6 Å². The fraction of sp³-hybridized carbons (Fsp3) is 0.0476. The van der Waals surface area contributed by atoms with Gasteiger partial charge < -0.3 is 9.72 Å². The maximum atomic E-state index is 13.9. The van der Waals surface area contributed by atoms with E-state index in [2.05, 4.69) is 10.3 Å². The van der Waals surface area contributed by atoms with E-state index in [1.165, 1.54) is 6.07 Å². The monoisotopic (exact) mass is 363 g/mol. The van der Waals surface area contributed by atoms with Gasteiger partial charge in [0.15, 0.2) is 0 Å². The summed E-state index contributed by atoms with van der Waals surface area (Å²) in [5.74, 6) is -2.64. The van der Waals surface area contributed by atoms with Crippen LogP contribution in [0.5, 0.6) is 0 Å². The zero-order chi connectivity index (χ0) is 19.0. The highest BCUT2D eigenvalue weighted by atomic mass is 19.1. The molecular formula is C21H15F2N3O. The van der Waals surface area contributed by atoms with Crippen LogP contribution in [0, 0.1) is 18.6 Å². The summed E-state index contributed by atoms with van der Waals surface area (Å²) in [4.78, 5) is 16.9. The molecule has 0 fully saturated rings. The van der Waals surface area contributed by atoms with Crippen LogP contribution in [0.25, 0.3) is 16.9 Å². The van der Waals surface area contributed by atoms with Gasteiger partial charge in [-0.2, -0.15) is 0 Å². The lowest BCUT2D eigenvalue weighted by atomic mass is 10.1. The summed E-state index contributed by atoms with van der Waals surface area (Å²) in [5.41, 5.74) is 2.95. The topological polar surface area (TPSA) is 46.4 Å². The number of nitrogens with one attached hydrogen (secondary N) is 1. The second-order valence-corrected chi connectivity index (χ2v) is 6.17. The molecule has 0 radical (unpaired) electrons. The molecule has 4 nitrogen and oxygen atoms in total. The van der Waals surface area contributed by atoms with E-state index in [9.17, 15) is 13.6 Å². The Bertz CT molecular complexity index is 1110. The van der Waals surface area contributed by atoms with Gasteiger partial charge in [0, 0.05) is 23.6 Å². The Morgan fingerprint density at radius 1 is 1.04 bits per heavy atom. The first-order valence-corrected chi connectivity index (χ1v) is 8.33. The van der Waals surface area contributed by atoms with E-state index in [-0.39, 0.29) is 0 Å².